The number of aryl methyl sites for hydroxylation is 3. The van der Waals surface area contributed by atoms with Crippen molar-refractivity contribution >= 4 is 17.3 Å². The number of hydrogen-bond donors (Lipinski definition) is 2. The number of aromatic nitrogens is 2. The number of anilines is 2. The molecule has 3 N–H and O–H groups in total. The maximum atomic E-state index is 12.4. The van der Waals surface area contributed by atoms with Gasteiger partial charge in [-0.15, -0.1) is 0 Å². The number of carbonyl (C=O) groups excluding carboxylic acids is 1. The lowest BCUT2D eigenvalue weighted by Gasteiger charge is -2.13. The highest BCUT2D eigenvalue weighted by Crippen LogP contribution is 2.26. The van der Waals surface area contributed by atoms with Crippen LogP contribution < -0.4 is 11.1 Å². The van der Waals surface area contributed by atoms with Crippen molar-refractivity contribution in [3.63, 3.8) is 0 Å². The molecule has 5 nitrogen and oxygen atoms in total. The van der Waals surface area contributed by atoms with Crippen molar-refractivity contribution in [2.24, 2.45) is 0 Å². The Hall–Kier alpha value is -2.30. The van der Waals surface area contributed by atoms with Crippen LogP contribution >= 0.6 is 0 Å². The first kappa shape index (κ1) is 14.1. The van der Waals surface area contributed by atoms with Crippen LogP contribution in [0.4, 0.5) is 11.4 Å². The van der Waals surface area contributed by atoms with Gasteiger partial charge in [-0.05, 0) is 51.0 Å². The number of amides is 1. The molecule has 1 amide bonds. The van der Waals surface area contributed by atoms with Gasteiger partial charge in [-0.2, -0.15) is 5.10 Å². The molecule has 0 radical (unpaired) electrons. The fourth-order valence-corrected chi connectivity index (χ4v) is 2.15. The number of nitrogens with zero attached hydrogens (tertiary/aromatic N) is 2. The molecular weight excluding hydrogens is 252 g/mol. The molecular formula is C15H20N4O. The second-order valence-electron chi connectivity index (χ2n) is 4.91. The summed E-state index contributed by atoms with van der Waals surface area (Å²) >= 11 is 0. The maximum absolute atomic E-state index is 12.4. The third kappa shape index (κ3) is 2.52. The molecule has 0 saturated heterocycles. The smallest absolute Gasteiger partial charge is 0.274 e. The topological polar surface area (TPSA) is 72.9 Å². The molecule has 0 saturated carbocycles. The Kier molecular flexibility index (Phi) is 3.79. The van der Waals surface area contributed by atoms with Crippen molar-refractivity contribution < 1.29 is 4.79 Å². The van der Waals surface area contributed by atoms with Gasteiger partial charge in [0.25, 0.3) is 5.91 Å². The molecule has 0 aliphatic rings. The number of nitrogens with one attached hydrogen (secondary N) is 1. The first-order chi connectivity index (χ1) is 9.43. The number of nitrogen functional groups attached to an aromatic ring is 1. The molecule has 2 aromatic rings. The molecule has 20 heavy (non-hydrogen) atoms. The standard InChI is InChI=1S/C15H20N4O/c1-5-19-13(8-10(3)18-19)15(20)17-14-11(4)9(2)6-7-12(14)16/h6-8H,5,16H2,1-4H3,(H,17,20). The third-order valence-electron chi connectivity index (χ3n) is 3.44. The van der Waals surface area contributed by atoms with Gasteiger partial charge in [0.15, 0.2) is 0 Å². The Balaban J connectivity index is 2.35. The molecule has 0 bridgehead atoms. The van der Waals surface area contributed by atoms with Crippen LogP contribution in [0.15, 0.2) is 18.2 Å². The molecule has 106 valence electrons. The van der Waals surface area contributed by atoms with Gasteiger partial charge >= 0.3 is 0 Å². The van der Waals surface area contributed by atoms with Crippen molar-refractivity contribution in [1.29, 1.82) is 0 Å². The van der Waals surface area contributed by atoms with Crippen molar-refractivity contribution in [3.05, 3.63) is 40.7 Å². The van der Waals surface area contributed by atoms with Crippen molar-refractivity contribution in [3.8, 4) is 0 Å². The zero-order valence-electron chi connectivity index (χ0n) is 12.3. The second kappa shape index (κ2) is 5.36. The highest BCUT2D eigenvalue weighted by molar-refractivity contribution is 6.05. The quantitative estimate of drug-likeness (QED) is 0.844. The predicted molar refractivity (Wildman–Crippen MR) is 80.9 cm³/mol. The van der Waals surface area contributed by atoms with Gasteiger partial charge in [0, 0.05) is 6.54 Å². The molecule has 0 aliphatic carbocycles. The summed E-state index contributed by atoms with van der Waals surface area (Å²) in [7, 11) is 0. The maximum Gasteiger partial charge on any atom is 0.274 e. The van der Waals surface area contributed by atoms with Crippen molar-refractivity contribution in [2.75, 3.05) is 11.1 Å². The number of hydrogen-bond acceptors (Lipinski definition) is 3. The van der Waals surface area contributed by atoms with Gasteiger partial charge in [0.2, 0.25) is 0 Å². The Morgan fingerprint density at radius 2 is 2.05 bits per heavy atom. The predicted octanol–water partition coefficient (Wildman–Crippen LogP) is 2.66. The highest BCUT2D eigenvalue weighted by Gasteiger charge is 2.16. The monoisotopic (exact) mass is 272 g/mol. The molecule has 0 fully saturated rings. The van der Waals surface area contributed by atoms with Gasteiger partial charge in [-0.1, -0.05) is 6.07 Å². The van der Waals surface area contributed by atoms with Crippen molar-refractivity contribution in [1.82, 2.24) is 9.78 Å². The van der Waals surface area contributed by atoms with Crippen LogP contribution in [0.3, 0.4) is 0 Å². The summed E-state index contributed by atoms with van der Waals surface area (Å²) in [6, 6.07) is 5.53. The summed E-state index contributed by atoms with van der Waals surface area (Å²) in [6.07, 6.45) is 0. The summed E-state index contributed by atoms with van der Waals surface area (Å²) in [4.78, 5) is 12.4. The molecule has 1 aromatic heterocycles. The normalized spacial score (nSPS) is 10.6. The van der Waals surface area contributed by atoms with Gasteiger partial charge < -0.3 is 11.1 Å². The van der Waals surface area contributed by atoms with Crippen LogP contribution in [-0.4, -0.2) is 15.7 Å². The van der Waals surface area contributed by atoms with Crippen LogP contribution in [0, 0.1) is 20.8 Å². The lowest BCUT2D eigenvalue weighted by atomic mass is 10.1. The van der Waals surface area contributed by atoms with E-state index in [1.807, 2.05) is 33.8 Å². The molecule has 5 heteroatoms. The molecule has 2 rings (SSSR count). The molecule has 0 aliphatic heterocycles. The molecule has 1 heterocycles. The summed E-state index contributed by atoms with van der Waals surface area (Å²) in [6.45, 7) is 8.41. The van der Waals surface area contributed by atoms with E-state index in [0.717, 1.165) is 16.8 Å². The van der Waals surface area contributed by atoms with E-state index in [-0.39, 0.29) is 5.91 Å². The number of carbonyl (C=O) groups is 1. The van der Waals surface area contributed by atoms with E-state index in [4.69, 9.17) is 5.73 Å². The number of nitrogens with two attached hydrogens (primary N) is 1. The van der Waals surface area contributed by atoms with Crippen LogP contribution in [0.2, 0.25) is 0 Å². The largest absolute Gasteiger partial charge is 0.397 e. The number of rotatable bonds is 3. The second-order valence-corrected chi connectivity index (χ2v) is 4.91. The molecule has 1 aromatic carbocycles. The Morgan fingerprint density at radius 3 is 2.70 bits per heavy atom. The van der Waals surface area contributed by atoms with Crippen molar-refractivity contribution in [2.45, 2.75) is 34.2 Å². The van der Waals surface area contributed by atoms with Gasteiger partial charge in [-0.25, -0.2) is 0 Å². The number of benzene rings is 1. The molecule has 0 unspecified atom stereocenters. The minimum Gasteiger partial charge on any atom is -0.397 e. The van der Waals surface area contributed by atoms with Gasteiger partial charge in [-0.3, -0.25) is 9.48 Å². The Labute approximate surface area is 118 Å². The SMILES string of the molecule is CCn1nc(C)cc1C(=O)Nc1c(N)ccc(C)c1C. The van der Waals surface area contributed by atoms with Crippen LogP contribution in [-0.2, 0) is 6.54 Å². The summed E-state index contributed by atoms with van der Waals surface area (Å²) < 4.78 is 1.69. The zero-order chi connectivity index (χ0) is 14.9. The van der Waals surface area contributed by atoms with E-state index >= 15 is 0 Å². The van der Waals surface area contributed by atoms with Crippen LogP contribution in [0.1, 0.15) is 34.2 Å². The third-order valence-corrected chi connectivity index (χ3v) is 3.44. The van der Waals surface area contributed by atoms with E-state index < -0.39 is 0 Å². The summed E-state index contributed by atoms with van der Waals surface area (Å²) in [5.74, 6) is -0.187. The lowest BCUT2D eigenvalue weighted by Crippen LogP contribution is -2.19. The minimum absolute atomic E-state index is 0.187. The van der Waals surface area contributed by atoms with Crippen LogP contribution in [0.5, 0.6) is 0 Å². The summed E-state index contributed by atoms with van der Waals surface area (Å²) in [5.41, 5.74) is 10.7. The minimum atomic E-state index is -0.187. The fraction of sp³-hybridized carbons (Fsp3) is 0.333. The van der Waals surface area contributed by atoms with E-state index in [0.29, 0.717) is 23.6 Å². The van der Waals surface area contributed by atoms with Gasteiger partial charge in [0.05, 0.1) is 17.1 Å². The van der Waals surface area contributed by atoms with Gasteiger partial charge in [0.1, 0.15) is 5.69 Å². The Bertz CT molecular complexity index is 658. The molecule has 0 atom stereocenters. The first-order valence-corrected chi connectivity index (χ1v) is 6.65. The average Bonchev–Trinajstić information content (AvgIpc) is 2.80. The summed E-state index contributed by atoms with van der Waals surface area (Å²) in [5, 5.41) is 7.18. The van der Waals surface area contributed by atoms with Crippen LogP contribution in [0.25, 0.3) is 0 Å². The Morgan fingerprint density at radius 1 is 1.35 bits per heavy atom. The van der Waals surface area contributed by atoms with E-state index in [9.17, 15) is 4.79 Å². The average molecular weight is 272 g/mol. The highest BCUT2D eigenvalue weighted by atomic mass is 16.2. The van der Waals surface area contributed by atoms with E-state index in [2.05, 4.69) is 10.4 Å². The first-order valence-electron chi connectivity index (χ1n) is 6.65. The lowest BCUT2D eigenvalue weighted by molar-refractivity contribution is 0.101. The van der Waals surface area contributed by atoms with E-state index in [1.54, 1.807) is 16.8 Å². The zero-order valence-corrected chi connectivity index (χ0v) is 12.3. The molecule has 0 spiro atoms. The fourth-order valence-electron chi connectivity index (χ4n) is 2.15. The van der Waals surface area contributed by atoms with E-state index in [1.165, 1.54) is 0 Å².